The Hall–Kier alpha value is -1.53. The summed E-state index contributed by atoms with van der Waals surface area (Å²) in [5, 5.41) is 12.4. The van der Waals surface area contributed by atoms with Crippen molar-refractivity contribution in [2.45, 2.75) is 44.1 Å². The maximum Gasteiger partial charge on any atom is 0.108 e. The number of aryl methyl sites for hydroxylation is 1. The number of fused-ring (bicyclic) bond motifs is 1. The van der Waals surface area contributed by atoms with Crippen LogP contribution < -0.4 is 11.6 Å². The molecule has 0 amide bonds. The van der Waals surface area contributed by atoms with Crippen molar-refractivity contribution in [1.29, 1.82) is 0 Å². The van der Waals surface area contributed by atoms with E-state index in [1.807, 2.05) is 13.4 Å². The number of imidazole rings is 1. The number of aliphatic hydroxyl groups is 1. The van der Waals surface area contributed by atoms with Gasteiger partial charge in [-0.25, -0.2) is 10.8 Å². The Morgan fingerprint density at radius 1 is 1.45 bits per heavy atom. The summed E-state index contributed by atoms with van der Waals surface area (Å²) in [6.07, 6.45) is 7.01. The van der Waals surface area contributed by atoms with Crippen molar-refractivity contribution in [1.82, 2.24) is 14.6 Å². The second kappa shape index (κ2) is 5.28. The van der Waals surface area contributed by atoms with Gasteiger partial charge in [0.25, 0.3) is 0 Å². The molecule has 2 unspecified atom stereocenters. The molecule has 1 aromatic heterocycles. The van der Waals surface area contributed by atoms with Crippen molar-refractivity contribution in [3.8, 4) is 0 Å². The van der Waals surface area contributed by atoms with Crippen LogP contribution in [0.25, 0.3) is 0 Å². The van der Waals surface area contributed by atoms with E-state index in [1.54, 1.807) is 7.05 Å². The molecule has 2 fully saturated rings. The van der Waals surface area contributed by atoms with Crippen LogP contribution in [0.4, 0.5) is 0 Å². The third kappa shape index (κ3) is 2.30. The van der Waals surface area contributed by atoms with Gasteiger partial charge in [0.2, 0.25) is 0 Å². The zero-order valence-electron chi connectivity index (χ0n) is 13.7. The van der Waals surface area contributed by atoms with E-state index in [2.05, 4.69) is 16.5 Å². The molecule has 22 heavy (non-hydrogen) atoms. The Bertz CT molecular complexity index is 577. The standard InChI is InChI=1S/C16H27N5O/c1-10-15(19-9-20(10)2)11-4-12-6-16(22,7-13(12)5-11)14(8-17)21(3)18/h8-9,11-13,22H,4-7,17-18H2,1-3H3/b14-8-. The number of nitrogens with zero attached hydrogens (tertiary/aromatic N) is 3. The molecule has 0 aromatic carbocycles. The van der Waals surface area contributed by atoms with Crippen molar-refractivity contribution in [3.05, 3.63) is 29.6 Å². The summed E-state index contributed by atoms with van der Waals surface area (Å²) in [4.78, 5) is 4.58. The molecule has 2 saturated carbocycles. The summed E-state index contributed by atoms with van der Waals surface area (Å²) in [5.74, 6) is 7.37. The van der Waals surface area contributed by atoms with Gasteiger partial charge in [0.05, 0.1) is 17.7 Å². The van der Waals surface area contributed by atoms with Gasteiger partial charge in [-0.05, 0) is 44.4 Å². The highest BCUT2D eigenvalue weighted by atomic mass is 16.3. The molecule has 0 spiro atoms. The minimum absolute atomic E-state index is 0.515. The van der Waals surface area contributed by atoms with Gasteiger partial charge >= 0.3 is 0 Å². The quantitative estimate of drug-likeness (QED) is 0.571. The summed E-state index contributed by atoms with van der Waals surface area (Å²) in [5.41, 5.74) is 7.91. The van der Waals surface area contributed by atoms with Crippen LogP contribution >= 0.6 is 0 Å². The summed E-state index contributed by atoms with van der Waals surface area (Å²) < 4.78 is 2.08. The Morgan fingerprint density at radius 3 is 2.45 bits per heavy atom. The van der Waals surface area contributed by atoms with Crippen LogP contribution in [0.3, 0.4) is 0 Å². The normalized spacial score (nSPS) is 35.0. The molecule has 6 nitrogen and oxygen atoms in total. The molecular weight excluding hydrogens is 278 g/mol. The first-order valence-electron chi connectivity index (χ1n) is 7.96. The molecular formula is C16H27N5O. The fourth-order valence-corrected chi connectivity index (χ4v) is 4.61. The van der Waals surface area contributed by atoms with Gasteiger partial charge in [-0.2, -0.15) is 0 Å². The number of hydrazine groups is 1. The van der Waals surface area contributed by atoms with Crippen LogP contribution in [0.15, 0.2) is 18.2 Å². The first-order chi connectivity index (χ1) is 10.4. The predicted octanol–water partition coefficient (Wildman–Crippen LogP) is 0.969. The molecule has 3 rings (SSSR count). The average molecular weight is 305 g/mol. The smallest absolute Gasteiger partial charge is 0.108 e. The second-order valence-corrected chi connectivity index (χ2v) is 7.12. The molecule has 0 saturated heterocycles. The van der Waals surface area contributed by atoms with E-state index in [0.717, 1.165) is 25.7 Å². The maximum absolute atomic E-state index is 11.0. The van der Waals surface area contributed by atoms with E-state index in [9.17, 15) is 5.11 Å². The van der Waals surface area contributed by atoms with Crippen molar-refractivity contribution < 1.29 is 5.11 Å². The molecule has 1 aromatic rings. The summed E-state index contributed by atoms with van der Waals surface area (Å²) in [6, 6.07) is 0. The fraction of sp³-hybridized carbons (Fsp3) is 0.688. The highest BCUT2D eigenvalue weighted by molar-refractivity contribution is 5.23. The van der Waals surface area contributed by atoms with Crippen molar-refractivity contribution >= 4 is 0 Å². The average Bonchev–Trinajstić information content (AvgIpc) is 3.03. The third-order valence-corrected chi connectivity index (χ3v) is 5.71. The number of hydrogen-bond acceptors (Lipinski definition) is 5. The maximum atomic E-state index is 11.0. The number of aromatic nitrogens is 2. The van der Waals surface area contributed by atoms with E-state index in [0.29, 0.717) is 23.5 Å². The molecule has 1 heterocycles. The first-order valence-corrected chi connectivity index (χ1v) is 7.96. The predicted molar refractivity (Wildman–Crippen MR) is 85.3 cm³/mol. The second-order valence-electron chi connectivity index (χ2n) is 7.12. The van der Waals surface area contributed by atoms with Crippen LogP contribution in [0.5, 0.6) is 0 Å². The lowest BCUT2D eigenvalue weighted by molar-refractivity contribution is 0.0482. The van der Waals surface area contributed by atoms with Crippen molar-refractivity contribution in [2.75, 3.05) is 7.05 Å². The van der Waals surface area contributed by atoms with Gasteiger partial charge < -0.3 is 20.4 Å². The summed E-state index contributed by atoms with van der Waals surface area (Å²) >= 11 is 0. The number of likely N-dealkylation sites (N-methyl/N-ethyl adjacent to an activating group) is 1. The lowest BCUT2D eigenvalue weighted by Crippen LogP contribution is -2.41. The van der Waals surface area contributed by atoms with E-state index >= 15 is 0 Å². The molecule has 2 aliphatic rings. The Labute approximate surface area is 131 Å². The van der Waals surface area contributed by atoms with E-state index in [-0.39, 0.29) is 0 Å². The number of rotatable bonds is 3. The van der Waals surface area contributed by atoms with Crippen LogP contribution in [0, 0.1) is 18.8 Å². The van der Waals surface area contributed by atoms with Crippen LogP contribution in [0.1, 0.15) is 43.0 Å². The van der Waals surface area contributed by atoms with E-state index in [1.165, 1.54) is 22.6 Å². The molecule has 6 heteroatoms. The third-order valence-electron chi connectivity index (χ3n) is 5.71. The Morgan fingerprint density at radius 2 is 2.05 bits per heavy atom. The molecule has 0 radical (unpaired) electrons. The van der Waals surface area contributed by atoms with Gasteiger partial charge in [0, 0.05) is 31.9 Å². The minimum atomic E-state index is -0.877. The lowest BCUT2D eigenvalue weighted by Gasteiger charge is -2.31. The summed E-state index contributed by atoms with van der Waals surface area (Å²) in [7, 11) is 3.76. The van der Waals surface area contributed by atoms with E-state index in [4.69, 9.17) is 11.6 Å². The molecule has 2 aliphatic carbocycles. The number of hydrogen-bond donors (Lipinski definition) is 3. The van der Waals surface area contributed by atoms with Crippen molar-refractivity contribution in [3.63, 3.8) is 0 Å². The van der Waals surface area contributed by atoms with Crippen LogP contribution in [-0.2, 0) is 7.05 Å². The zero-order chi connectivity index (χ0) is 16.1. The molecule has 5 N–H and O–H groups in total. The highest BCUT2D eigenvalue weighted by Crippen LogP contribution is 2.55. The molecule has 0 bridgehead atoms. The molecule has 2 atom stereocenters. The molecule has 122 valence electrons. The van der Waals surface area contributed by atoms with Gasteiger partial charge in [-0.15, -0.1) is 0 Å². The van der Waals surface area contributed by atoms with Crippen molar-refractivity contribution in [2.24, 2.45) is 30.5 Å². The monoisotopic (exact) mass is 305 g/mol. The lowest BCUT2D eigenvalue weighted by atomic mass is 9.90. The summed E-state index contributed by atoms with van der Waals surface area (Å²) in [6.45, 7) is 2.13. The fourth-order valence-electron chi connectivity index (χ4n) is 4.61. The Balaban J connectivity index is 1.74. The molecule has 0 aliphatic heterocycles. The van der Waals surface area contributed by atoms with Gasteiger partial charge in [-0.1, -0.05) is 0 Å². The largest absolute Gasteiger partial charge is 0.403 e. The van der Waals surface area contributed by atoms with E-state index < -0.39 is 5.60 Å². The number of nitrogens with two attached hydrogens (primary N) is 2. The Kier molecular flexibility index (Phi) is 3.69. The van der Waals surface area contributed by atoms with Gasteiger partial charge in [0.1, 0.15) is 5.60 Å². The minimum Gasteiger partial charge on any atom is -0.403 e. The SMILES string of the molecule is Cc1c(C2CC3CC(O)(/C(=C/N)N(C)N)CC3C2)ncn1C. The van der Waals surface area contributed by atoms with Crippen LogP contribution in [0.2, 0.25) is 0 Å². The first kappa shape index (κ1) is 15.4. The van der Waals surface area contributed by atoms with Gasteiger partial charge in [0.15, 0.2) is 0 Å². The highest BCUT2D eigenvalue weighted by Gasteiger charge is 2.51. The topological polar surface area (TPSA) is 93.3 Å². The van der Waals surface area contributed by atoms with Gasteiger partial charge in [-0.3, -0.25) is 0 Å². The zero-order valence-corrected chi connectivity index (χ0v) is 13.7. The van der Waals surface area contributed by atoms with Crippen LogP contribution in [-0.4, -0.2) is 32.3 Å².